The number of hydrogen-bond donors (Lipinski definition) is 0. The molecular weight excluding hydrogens is 215 g/mol. The Morgan fingerprint density at radius 2 is 2.07 bits per heavy atom. The first-order valence-corrected chi connectivity index (χ1v) is 7.57. The summed E-state index contributed by atoms with van der Waals surface area (Å²) in [7, 11) is -2.89. The lowest BCUT2D eigenvalue weighted by atomic mass is 9.73. The third-order valence-electron chi connectivity index (χ3n) is 4.56. The van der Waals surface area contributed by atoms with Crippen LogP contribution in [-0.2, 0) is 9.84 Å². The van der Waals surface area contributed by atoms with E-state index in [0.29, 0.717) is 18.3 Å². The Bertz CT molecular complexity index is 352. The van der Waals surface area contributed by atoms with Crippen molar-refractivity contribution < 1.29 is 12.8 Å². The van der Waals surface area contributed by atoms with Gasteiger partial charge in [-0.05, 0) is 42.9 Å². The number of hydrogen-bond acceptors (Lipinski definition) is 2. The van der Waals surface area contributed by atoms with E-state index in [0.717, 1.165) is 19.3 Å². The van der Waals surface area contributed by atoms with Crippen LogP contribution in [0, 0.1) is 17.3 Å². The second kappa shape index (κ2) is 3.44. The molecule has 0 aromatic carbocycles. The van der Waals surface area contributed by atoms with E-state index in [1.54, 1.807) is 0 Å². The number of fused-ring (bicyclic) bond motifs is 2. The molecule has 0 aliphatic heterocycles. The second-order valence-electron chi connectivity index (χ2n) is 5.59. The summed E-state index contributed by atoms with van der Waals surface area (Å²) < 4.78 is 35.5. The second-order valence-corrected chi connectivity index (χ2v) is 7.86. The summed E-state index contributed by atoms with van der Waals surface area (Å²) in [5.41, 5.74) is 0.0700. The van der Waals surface area contributed by atoms with Crippen molar-refractivity contribution >= 4 is 9.84 Å². The molecular formula is C11H19FO2S. The fourth-order valence-corrected chi connectivity index (χ4v) is 5.17. The summed E-state index contributed by atoms with van der Waals surface area (Å²) in [6.45, 7) is 1.85. The average molecular weight is 234 g/mol. The first-order chi connectivity index (χ1) is 6.87. The van der Waals surface area contributed by atoms with Crippen LogP contribution in [0.1, 0.15) is 32.6 Å². The number of alkyl halides is 1. The van der Waals surface area contributed by atoms with Crippen molar-refractivity contribution in [2.24, 2.45) is 17.3 Å². The lowest BCUT2D eigenvalue weighted by Crippen LogP contribution is -2.34. The molecule has 2 fully saturated rings. The highest BCUT2D eigenvalue weighted by Gasteiger charge is 2.54. The van der Waals surface area contributed by atoms with Crippen molar-refractivity contribution in [3.63, 3.8) is 0 Å². The molecule has 0 spiro atoms. The van der Waals surface area contributed by atoms with Gasteiger partial charge in [0.15, 0.2) is 9.84 Å². The molecule has 2 bridgehead atoms. The van der Waals surface area contributed by atoms with E-state index in [1.165, 1.54) is 6.26 Å². The number of rotatable bonds is 3. The lowest BCUT2D eigenvalue weighted by Gasteiger charge is -2.36. The van der Waals surface area contributed by atoms with E-state index in [9.17, 15) is 12.8 Å². The van der Waals surface area contributed by atoms with Crippen LogP contribution in [0.4, 0.5) is 4.39 Å². The van der Waals surface area contributed by atoms with Crippen LogP contribution in [0.5, 0.6) is 0 Å². The molecule has 2 nitrogen and oxygen atoms in total. The average Bonchev–Trinajstić information content (AvgIpc) is 2.58. The van der Waals surface area contributed by atoms with E-state index >= 15 is 0 Å². The monoisotopic (exact) mass is 234 g/mol. The Kier molecular flexibility index (Phi) is 2.61. The van der Waals surface area contributed by atoms with Gasteiger partial charge in [0, 0.05) is 6.26 Å². The first kappa shape index (κ1) is 11.4. The number of sulfone groups is 1. The van der Waals surface area contributed by atoms with Gasteiger partial charge in [-0.3, -0.25) is 4.39 Å². The molecule has 0 heterocycles. The van der Waals surface area contributed by atoms with Gasteiger partial charge in [-0.2, -0.15) is 0 Å². The summed E-state index contributed by atoms with van der Waals surface area (Å²) in [4.78, 5) is 0. The van der Waals surface area contributed by atoms with E-state index in [4.69, 9.17) is 0 Å². The minimum absolute atomic E-state index is 0.0700. The maximum absolute atomic E-state index is 12.4. The molecule has 2 saturated carbocycles. The first-order valence-electron chi connectivity index (χ1n) is 5.61. The zero-order valence-corrected chi connectivity index (χ0v) is 10.2. The Balaban J connectivity index is 2.13. The van der Waals surface area contributed by atoms with Gasteiger partial charge in [0.1, 0.15) is 0 Å². The molecule has 0 radical (unpaired) electrons. The topological polar surface area (TPSA) is 34.1 Å². The fraction of sp³-hybridized carbons (Fsp3) is 1.00. The third-order valence-corrected chi connectivity index (χ3v) is 6.24. The standard InChI is InChI=1S/C11H19FO2S/c1-11(3-4-12)7-8-5-9(11)6-10(8)15(2,13)14/h8-10H,3-7H2,1-2H3. The predicted octanol–water partition coefficient (Wildman–Crippen LogP) is 2.20. The van der Waals surface area contributed by atoms with Crippen molar-refractivity contribution in [2.75, 3.05) is 12.9 Å². The van der Waals surface area contributed by atoms with Crippen molar-refractivity contribution in [1.29, 1.82) is 0 Å². The van der Waals surface area contributed by atoms with Crippen LogP contribution in [0.2, 0.25) is 0 Å². The quantitative estimate of drug-likeness (QED) is 0.750. The highest BCUT2D eigenvalue weighted by atomic mass is 32.2. The minimum atomic E-state index is -2.89. The molecule has 0 N–H and O–H groups in total. The van der Waals surface area contributed by atoms with Crippen molar-refractivity contribution in [3.8, 4) is 0 Å². The molecule has 4 heteroatoms. The Hall–Kier alpha value is -0.120. The van der Waals surface area contributed by atoms with E-state index in [-0.39, 0.29) is 17.3 Å². The van der Waals surface area contributed by atoms with Gasteiger partial charge < -0.3 is 0 Å². The Morgan fingerprint density at radius 1 is 1.40 bits per heavy atom. The molecule has 2 rings (SSSR count). The third kappa shape index (κ3) is 1.81. The molecule has 2 aliphatic carbocycles. The van der Waals surface area contributed by atoms with Gasteiger partial charge in [0.2, 0.25) is 0 Å². The molecule has 4 atom stereocenters. The van der Waals surface area contributed by atoms with Gasteiger partial charge >= 0.3 is 0 Å². The van der Waals surface area contributed by atoms with Gasteiger partial charge in [-0.15, -0.1) is 0 Å². The predicted molar refractivity (Wildman–Crippen MR) is 58.2 cm³/mol. The molecule has 88 valence electrons. The van der Waals surface area contributed by atoms with Crippen LogP contribution in [0.3, 0.4) is 0 Å². The van der Waals surface area contributed by atoms with Crippen molar-refractivity contribution in [2.45, 2.75) is 37.9 Å². The van der Waals surface area contributed by atoms with E-state index in [2.05, 4.69) is 6.92 Å². The molecule has 0 amide bonds. The molecule has 0 aromatic heterocycles. The summed E-state index contributed by atoms with van der Waals surface area (Å²) in [6.07, 6.45) is 4.60. The zero-order chi connectivity index (χ0) is 11.3. The van der Waals surface area contributed by atoms with E-state index < -0.39 is 9.84 Å². The van der Waals surface area contributed by atoms with Crippen molar-refractivity contribution in [1.82, 2.24) is 0 Å². The Morgan fingerprint density at radius 3 is 2.47 bits per heavy atom. The number of halogens is 1. The highest BCUT2D eigenvalue weighted by Crippen LogP contribution is 2.58. The zero-order valence-electron chi connectivity index (χ0n) is 9.37. The molecule has 0 saturated heterocycles. The molecule has 2 aliphatic rings. The smallest absolute Gasteiger partial charge is 0.150 e. The summed E-state index contributed by atoms with van der Waals surface area (Å²) in [5.74, 6) is 0.722. The fourth-order valence-electron chi connectivity index (χ4n) is 3.68. The summed E-state index contributed by atoms with van der Waals surface area (Å²) in [6, 6.07) is 0. The van der Waals surface area contributed by atoms with Gasteiger partial charge in [0.05, 0.1) is 11.9 Å². The molecule has 15 heavy (non-hydrogen) atoms. The SMILES string of the molecule is CC1(CCF)CC2CC1CC2S(C)(=O)=O. The Labute approximate surface area is 91.2 Å². The van der Waals surface area contributed by atoms with Gasteiger partial charge in [-0.1, -0.05) is 6.92 Å². The van der Waals surface area contributed by atoms with Gasteiger partial charge in [0.25, 0.3) is 0 Å². The summed E-state index contributed by atoms with van der Waals surface area (Å²) >= 11 is 0. The maximum Gasteiger partial charge on any atom is 0.150 e. The minimum Gasteiger partial charge on any atom is -0.251 e. The van der Waals surface area contributed by atoms with Crippen LogP contribution in [-0.4, -0.2) is 26.6 Å². The van der Waals surface area contributed by atoms with Crippen molar-refractivity contribution in [3.05, 3.63) is 0 Å². The highest BCUT2D eigenvalue weighted by molar-refractivity contribution is 7.91. The largest absolute Gasteiger partial charge is 0.251 e. The van der Waals surface area contributed by atoms with Crippen LogP contribution < -0.4 is 0 Å². The maximum atomic E-state index is 12.4. The van der Waals surface area contributed by atoms with Gasteiger partial charge in [-0.25, -0.2) is 8.42 Å². The molecule has 4 unspecified atom stereocenters. The van der Waals surface area contributed by atoms with Crippen LogP contribution >= 0.6 is 0 Å². The van der Waals surface area contributed by atoms with E-state index in [1.807, 2.05) is 0 Å². The molecule has 0 aromatic rings. The lowest BCUT2D eigenvalue weighted by molar-refractivity contribution is 0.159. The summed E-state index contributed by atoms with van der Waals surface area (Å²) in [5, 5.41) is -0.143. The normalized spacial score (nSPS) is 44.9. The van der Waals surface area contributed by atoms with Crippen LogP contribution in [0.25, 0.3) is 0 Å². The van der Waals surface area contributed by atoms with Crippen LogP contribution in [0.15, 0.2) is 0 Å².